The molecule has 1 aliphatic rings. The molecule has 68 valence electrons. The van der Waals surface area contributed by atoms with Gasteiger partial charge in [0.05, 0.1) is 5.41 Å². The molecule has 1 saturated carbocycles. The van der Waals surface area contributed by atoms with Crippen molar-refractivity contribution in [2.24, 2.45) is 11.3 Å². The Balaban J connectivity index is 2.53. The van der Waals surface area contributed by atoms with Gasteiger partial charge in [-0.2, -0.15) is 0 Å². The molecule has 0 radical (unpaired) electrons. The van der Waals surface area contributed by atoms with E-state index in [4.69, 9.17) is 5.11 Å². The van der Waals surface area contributed by atoms with E-state index < -0.39 is 11.4 Å². The highest BCUT2D eigenvalue weighted by Gasteiger charge is 2.34. The zero-order valence-corrected chi connectivity index (χ0v) is 7.55. The normalized spacial score (nSPS) is 22.4. The Kier molecular flexibility index (Phi) is 2.55. The Bertz CT molecular complexity index is 194. The lowest BCUT2D eigenvalue weighted by atomic mass is 9.73. The second-order valence-electron chi connectivity index (χ2n) is 3.93. The Morgan fingerprint density at radius 2 is 2.33 bits per heavy atom. The van der Waals surface area contributed by atoms with E-state index in [1.807, 2.05) is 0 Å². The number of hydrogen-bond acceptors (Lipinski definition) is 1. The molecule has 1 atom stereocenters. The molecular weight excluding hydrogens is 152 g/mol. The molecule has 12 heavy (non-hydrogen) atoms. The molecule has 0 spiro atoms. The van der Waals surface area contributed by atoms with Crippen molar-refractivity contribution in [1.29, 1.82) is 0 Å². The summed E-state index contributed by atoms with van der Waals surface area (Å²) in [7, 11) is 0. The van der Waals surface area contributed by atoms with Crippen LogP contribution in [0.5, 0.6) is 0 Å². The molecule has 0 bridgehead atoms. The first kappa shape index (κ1) is 9.30. The maximum absolute atomic E-state index is 10.9. The second kappa shape index (κ2) is 3.30. The predicted molar refractivity (Wildman–Crippen MR) is 47.9 cm³/mol. The first-order chi connectivity index (χ1) is 5.58. The smallest absolute Gasteiger partial charge is 0.313 e. The fraction of sp³-hybridized carbons (Fsp3) is 0.700. The third-order valence-corrected chi connectivity index (χ3v) is 2.88. The topological polar surface area (TPSA) is 37.3 Å². The summed E-state index contributed by atoms with van der Waals surface area (Å²) in [5.74, 6) is -0.131. The number of carboxylic acids is 1. The summed E-state index contributed by atoms with van der Waals surface area (Å²) >= 11 is 0. The van der Waals surface area contributed by atoms with E-state index in [9.17, 15) is 4.79 Å². The highest BCUT2D eigenvalue weighted by molar-refractivity contribution is 5.76. The van der Waals surface area contributed by atoms with Crippen LogP contribution in [0.1, 0.15) is 32.6 Å². The standard InChI is InChI=1S/C10H16O2/c1-3-10(2,9(11)12)7-8-5-4-6-8/h3,8H,1,4-7H2,2H3,(H,11,12). The van der Waals surface area contributed by atoms with Gasteiger partial charge >= 0.3 is 5.97 Å². The lowest BCUT2D eigenvalue weighted by molar-refractivity contribution is -0.146. The third-order valence-electron chi connectivity index (χ3n) is 2.88. The third kappa shape index (κ3) is 1.68. The van der Waals surface area contributed by atoms with Gasteiger partial charge in [0.15, 0.2) is 0 Å². The summed E-state index contributed by atoms with van der Waals surface area (Å²) < 4.78 is 0. The fourth-order valence-electron chi connectivity index (χ4n) is 1.55. The Morgan fingerprint density at radius 3 is 2.58 bits per heavy atom. The van der Waals surface area contributed by atoms with Gasteiger partial charge in [-0.3, -0.25) is 4.79 Å². The quantitative estimate of drug-likeness (QED) is 0.655. The van der Waals surface area contributed by atoms with Crippen molar-refractivity contribution in [3.8, 4) is 0 Å². The van der Waals surface area contributed by atoms with E-state index in [1.54, 1.807) is 13.0 Å². The van der Waals surface area contributed by atoms with Crippen LogP contribution in [0.4, 0.5) is 0 Å². The zero-order chi connectivity index (χ0) is 9.19. The van der Waals surface area contributed by atoms with E-state index in [0.29, 0.717) is 5.92 Å². The number of hydrogen-bond donors (Lipinski definition) is 1. The van der Waals surface area contributed by atoms with Crippen molar-refractivity contribution in [2.75, 3.05) is 0 Å². The Hall–Kier alpha value is -0.790. The number of rotatable bonds is 4. The highest BCUT2D eigenvalue weighted by atomic mass is 16.4. The number of aliphatic carboxylic acids is 1. The van der Waals surface area contributed by atoms with Crippen LogP contribution < -0.4 is 0 Å². The predicted octanol–water partition coefficient (Wildman–Crippen LogP) is 2.45. The van der Waals surface area contributed by atoms with Crippen LogP contribution >= 0.6 is 0 Å². The largest absolute Gasteiger partial charge is 0.481 e. The van der Waals surface area contributed by atoms with Crippen LogP contribution in [-0.4, -0.2) is 11.1 Å². The average molecular weight is 168 g/mol. The minimum atomic E-state index is -0.746. The summed E-state index contributed by atoms with van der Waals surface area (Å²) in [6.07, 6.45) is 5.96. The van der Waals surface area contributed by atoms with Gasteiger partial charge in [0, 0.05) is 0 Å². The maximum atomic E-state index is 10.9. The fourth-order valence-corrected chi connectivity index (χ4v) is 1.55. The average Bonchev–Trinajstić information content (AvgIpc) is 1.96. The van der Waals surface area contributed by atoms with Crippen molar-refractivity contribution in [3.63, 3.8) is 0 Å². The summed E-state index contributed by atoms with van der Waals surface area (Å²) in [4.78, 5) is 10.9. The van der Waals surface area contributed by atoms with Crippen LogP contribution in [0.3, 0.4) is 0 Å². The molecule has 1 rings (SSSR count). The van der Waals surface area contributed by atoms with Crippen molar-refractivity contribution < 1.29 is 9.90 Å². The van der Waals surface area contributed by atoms with Crippen molar-refractivity contribution in [1.82, 2.24) is 0 Å². The molecule has 0 amide bonds. The van der Waals surface area contributed by atoms with Gasteiger partial charge in [-0.25, -0.2) is 0 Å². The van der Waals surface area contributed by atoms with Gasteiger partial charge in [-0.15, -0.1) is 6.58 Å². The highest BCUT2D eigenvalue weighted by Crippen LogP contribution is 2.38. The molecule has 0 aromatic heterocycles. The molecule has 0 aromatic carbocycles. The zero-order valence-electron chi connectivity index (χ0n) is 7.55. The molecule has 1 aliphatic carbocycles. The molecular formula is C10H16O2. The number of carbonyl (C=O) groups is 1. The molecule has 1 unspecified atom stereocenters. The van der Waals surface area contributed by atoms with Crippen LogP contribution in [0, 0.1) is 11.3 Å². The lowest BCUT2D eigenvalue weighted by Crippen LogP contribution is -2.30. The van der Waals surface area contributed by atoms with Crippen LogP contribution in [0.15, 0.2) is 12.7 Å². The van der Waals surface area contributed by atoms with Crippen LogP contribution in [-0.2, 0) is 4.79 Å². The molecule has 1 N–H and O–H groups in total. The van der Waals surface area contributed by atoms with Gasteiger partial charge in [0.1, 0.15) is 0 Å². The molecule has 0 aliphatic heterocycles. The SMILES string of the molecule is C=CC(C)(CC1CCC1)C(=O)O. The van der Waals surface area contributed by atoms with Crippen molar-refractivity contribution in [3.05, 3.63) is 12.7 Å². The van der Waals surface area contributed by atoms with Gasteiger partial charge in [-0.1, -0.05) is 25.3 Å². The summed E-state index contributed by atoms with van der Waals surface area (Å²) in [6.45, 7) is 5.34. The maximum Gasteiger partial charge on any atom is 0.313 e. The van der Waals surface area contributed by atoms with E-state index in [-0.39, 0.29) is 0 Å². The van der Waals surface area contributed by atoms with Crippen molar-refractivity contribution in [2.45, 2.75) is 32.6 Å². The van der Waals surface area contributed by atoms with Crippen LogP contribution in [0.2, 0.25) is 0 Å². The summed E-state index contributed by atoms with van der Waals surface area (Å²) in [5, 5.41) is 8.93. The minimum Gasteiger partial charge on any atom is -0.481 e. The Labute approximate surface area is 73.3 Å². The second-order valence-corrected chi connectivity index (χ2v) is 3.93. The van der Waals surface area contributed by atoms with E-state index in [2.05, 4.69) is 6.58 Å². The summed E-state index contributed by atoms with van der Waals surface area (Å²) in [5.41, 5.74) is -0.703. The van der Waals surface area contributed by atoms with E-state index >= 15 is 0 Å². The number of carboxylic acid groups (broad SMARTS) is 1. The van der Waals surface area contributed by atoms with Gasteiger partial charge < -0.3 is 5.11 Å². The first-order valence-electron chi connectivity index (χ1n) is 4.45. The van der Waals surface area contributed by atoms with Gasteiger partial charge in [-0.05, 0) is 19.3 Å². The minimum absolute atomic E-state index is 0.615. The van der Waals surface area contributed by atoms with Crippen molar-refractivity contribution >= 4 is 5.97 Å². The van der Waals surface area contributed by atoms with Crippen LogP contribution in [0.25, 0.3) is 0 Å². The molecule has 0 heterocycles. The molecule has 2 heteroatoms. The van der Waals surface area contributed by atoms with E-state index in [0.717, 1.165) is 6.42 Å². The summed E-state index contributed by atoms with van der Waals surface area (Å²) in [6, 6.07) is 0. The molecule has 1 fully saturated rings. The first-order valence-corrected chi connectivity index (χ1v) is 4.45. The lowest BCUT2D eigenvalue weighted by Gasteiger charge is -2.32. The Morgan fingerprint density at radius 1 is 1.75 bits per heavy atom. The molecule has 0 saturated heterocycles. The molecule has 0 aromatic rings. The van der Waals surface area contributed by atoms with Gasteiger partial charge in [0.2, 0.25) is 0 Å². The van der Waals surface area contributed by atoms with E-state index in [1.165, 1.54) is 19.3 Å². The molecule has 2 nitrogen and oxygen atoms in total. The monoisotopic (exact) mass is 168 g/mol. The van der Waals surface area contributed by atoms with Gasteiger partial charge in [0.25, 0.3) is 0 Å².